The van der Waals surface area contributed by atoms with Crippen molar-refractivity contribution < 1.29 is 19.4 Å². The number of rotatable bonds is 4. The van der Waals surface area contributed by atoms with E-state index in [-0.39, 0.29) is 22.8 Å². The highest BCUT2D eigenvalue weighted by molar-refractivity contribution is 6.16. The minimum absolute atomic E-state index is 0.135. The lowest BCUT2D eigenvalue weighted by molar-refractivity contribution is -0.136. The van der Waals surface area contributed by atoms with E-state index >= 15 is 0 Å². The van der Waals surface area contributed by atoms with Gasteiger partial charge >= 0.3 is 5.97 Å². The van der Waals surface area contributed by atoms with Crippen molar-refractivity contribution in [1.82, 2.24) is 4.90 Å². The maximum Gasteiger partial charge on any atom is 0.340 e. The van der Waals surface area contributed by atoms with E-state index < -0.39 is 5.97 Å². The van der Waals surface area contributed by atoms with E-state index in [0.717, 1.165) is 5.56 Å². The Bertz CT molecular complexity index is 895. The van der Waals surface area contributed by atoms with Crippen molar-refractivity contribution in [3.63, 3.8) is 0 Å². The highest BCUT2D eigenvalue weighted by Gasteiger charge is 2.36. The fourth-order valence-corrected chi connectivity index (χ4v) is 2.92. The third kappa shape index (κ3) is 3.37. The van der Waals surface area contributed by atoms with Crippen LogP contribution in [0.3, 0.4) is 0 Å². The number of benzene rings is 2. The van der Waals surface area contributed by atoms with Gasteiger partial charge in [-0.25, -0.2) is 4.79 Å². The topological polar surface area (TPSA) is 66.8 Å². The molecule has 0 aromatic heterocycles. The van der Waals surface area contributed by atoms with Gasteiger partial charge in [0.25, 0.3) is 5.91 Å². The zero-order chi connectivity index (χ0) is 18.7. The van der Waals surface area contributed by atoms with Gasteiger partial charge < -0.3 is 14.7 Å². The number of methoxy groups -OCH3 is 1. The number of hydrogen-bond acceptors (Lipinski definition) is 4. The molecule has 2 aromatic carbocycles. The van der Waals surface area contributed by atoms with Crippen LogP contribution in [-0.4, -0.2) is 29.0 Å². The number of carbonyl (C=O) groups is 2. The molecule has 0 saturated carbocycles. The number of carbonyl (C=O) groups excluding carboxylic acids is 2. The van der Waals surface area contributed by atoms with Crippen LogP contribution in [0.4, 0.5) is 0 Å². The van der Waals surface area contributed by atoms with Gasteiger partial charge in [-0.3, -0.25) is 4.79 Å². The monoisotopic (exact) mass is 349 g/mol. The first-order valence-corrected chi connectivity index (χ1v) is 8.17. The molecule has 0 unspecified atom stereocenters. The van der Waals surface area contributed by atoms with Crippen molar-refractivity contribution in [3.05, 3.63) is 82.6 Å². The van der Waals surface area contributed by atoms with E-state index in [9.17, 15) is 14.7 Å². The maximum absolute atomic E-state index is 13.0. The Hall–Kier alpha value is -3.34. The van der Waals surface area contributed by atoms with Crippen LogP contribution in [-0.2, 0) is 20.9 Å². The second-order valence-corrected chi connectivity index (χ2v) is 5.98. The number of hydrogen-bond donors (Lipinski definition) is 1. The van der Waals surface area contributed by atoms with Gasteiger partial charge in [-0.2, -0.15) is 0 Å². The van der Waals surface area contributed by atoms with Crippen molar-refractivity contribution in [2.75, 3.05) is 7.11 Å². The Balaban J connectivity index is 2.02. The Kier molecular flexibility index (Phi) is 4.89. The van der Waals surface area contributed by atoms with Crippen LogP contribution in [0.1, 0.15) is 18.1 Å². The number of phenolic OH excluding ortho intramolecular Hbond substituents is 1. The van der Waals surface area contributed by atoms with Gasteiger partial charge in [-0.15, -0.1) is 0 Å². The second kappa shape index (κ2) is 7.27. The summed E-state index contributed by atoms with van der Waals surface area (Å²) in [5, 5.41) is 9.42. The maximum atomic E-state index is 13.0. The lowest BCUT2D eigenvalue weighted by atomic mass is 10.0. The number of aromatic hydroxyl groups is 1. The van der Waals surface area contributed by atoms with Gasteiger partial charge in [-0.1, -0.05) is 42.5 Å². The Labute approximate surface area is 151 Å². The van der Waals surface area contributed by atoms with Crippen LogP contribution >= 0.6 is 0 Å². The molecule has 2 aromatic rings. The fourth-order valence-electron chi connectivity index (χ4n) is 2.92. The second-order valence-electron chi connectivity index (χ2n) is 5.98. The molecule has 1 heterocycles. The number of ether oxygens (including phenoxy) is 1. The molecule has 132 valence electrons. The van der Waals surface area contributed by atoms with Crippen molar-refractivity contribution in [3.8, 4) is 5.75 Å². The Morgan fingerprint density at radius 1 is 1.12 bits per heavy atom. The van der Waals surface area contributed by atoms with Crippen molar-refractivity contribution in [1.29, 1.82) is 0 Å². The number of amides is 1. The van der Waals surface area contributed by atoms with E-state index in [1.807, 2.05) is 30.3 Å². The Morgan fingerprint density at radius 3 is 2.38 bits per heavy atom. The third-order valence-corrected chi connectivity index (χ3v) is 4.29. The molecule has 1 aliphatic heterocycles. The molecule has 5 nitrogen and oxygen atoms in total. The highest BCUT2D eigenvalue weighted by Crippen LogP contribution is 2.33. The first-order chi connectivity index (χ1) is 12.5. The summed E-state index contributed by atoms with van der Waals surface area (Å²) in [6.07, 6.45) is 1.64. The number of esters is 1. The normalized spacial score (nSPS) is 15.7. The molecule has 0 fully saturated rings. The van der Waals surface area contributed by atoms with E-state index in [4.69, 9.17) is 4.74 Å². The predicted molar refractivity (Wildman–Crippen MR) is 97.8 cm³/mol. The van der Waals surface area contributed by atoms with E-state index in [1.165, 1.54) is 19.2 Å². The van der Waals surface area contributed by atoms with Crippen LogP contribution in [0, 0.1) is 0 Å². The van der Waals surface area contributed by atoms with Crippen molar-refractivity contribution >= 4 is 18.0 Å². The summed E-state index contributed by atoms with van der Waals surface area (Å²) in [6.45, 7) is 2.11. The smallest absolute Gasteiger partial charge is 0.340 e. The first-order valence-electron chi connectivity index (χ1n) is 8.17. The zero-order valence-corrected chi connectivity index (χ0v) is 14.6. The molecular formula is C21H19NO4. The molecular weight excluding hydrogens is 330 g/mol. The molecule has 0 spiro atoms. The van der Waals surface area contributed by atoms with Gasteiger partial charge in [0.1, 0.15) is 5.75 Å². The molecule has 1 amide bonds. The van der Waals surface area contributed by atoms with Gasteiger partial charge in [-0.05, 0) is 36.3 Å². The van der Waals surface area contributed by atoms with Crippen molar-refractivity contribution in [2.45, 2.75) is 13.5 Å². The number of allylic oxidation sites excluding steroid dienone is 1. The van der Waals surface area contributed by atoms with E-state index in [0.29, 0.717) is 17.8 Å². The molecule has 3 rings (SSSR count). The first kappa shape index (κ1) is 17.5. The summed E-state index contributed by atoms with van der Waals surface area (Å²) in [6, 6.07) is 16.0. The SMILES string of the molecule is COC(=O)C1=C(C)N(Cc2ccccc2)C(=O)/C1=C\c1ccc(O)cc1. The van der Waals surface area contributed by atoms with E-state index in [2.05, 4.69) is 0 Å². The van der Waals surface area contributed by atoms with Gasteiger partial charge in [0.05, 0.1) is 24.8 Å². The van der Waals surface area contributed by atoms with Crippen molar-refractivity contribution in [2.24, 2.45) is 0 Å². The summed E-state index contributed by atoms with van der Waals surface area (Å²) in [4.78, 5) is 26.8. The van der Waals surface area contributed by atoms with Crippen LogP contribution in [0.25, 0.3) is 6.08 Å². The van der Waals surface area contributed by atoms with Gasteiger partial charge in [0, 0.05) is 5.70 Å². The molecule has 1 aliphatic rings. The minimum atomic E-state index is -0.545. The molecule has 0 atom stereocenters. The highest BCUT2D eigenvalue weighted by atomic mass is 16.5. The number of nitrogens with zero attached hydrogens (tertiary/aromatic N) is 1. The quantitative estimate of drug-likeness (QED) is 0.680. The molecule has 5 heteroatoms. The molecule has 0 saturated heterocycles. The molecule has 26 heavy (non-hydrogen) atoms. The average Bonchev–Trinajstić information content (AvgIpc) is 2.88. The molecule has 1 N–H and O–H groups in total. The summed E-state index contributed by atoms with van der Waals surface area (Å²) >= 11 is 0. The van der Waals surface area contributed by atoms with E-state index in [1.54, 1.807) is 30.0 Å². The summed E-state index contributed by atoms with van der Waals surface area (Å²) in [5.74, 6) is -0.660. The van der Waals surface area contributed by atoms with Gasteiger partial charge in [0.2, 0.25) is 0 Å². The largest absolute Gasteiger partial charge is 0.508 e. The Morgan fingerprint density at radius 2 is 1.77 bits per heavy atom. The zero-order valence-electron chi connectivity index (χ0n) is 14.6. The molecule has 0 bridgehead atoms. The lowest BCUT2D eigenvalue weighted by Gasteiger charge is -2.17. The standard InChI is InChI=1S/C21H19NO4/c1-14-19(21(25)26-2)18(12-15-8-10-17(23)11-9-15)20(24)22(14)13-16-6-4-3-5-7-16/h3-12,23H,13H2,1-2H3/b18-12-. The van der Waals surface area contributed by atoms with Crippen LogP contribution in [0.2, 0.25) is 0 Å². The average molecular weight is 349 g/mol. The molecule has 0 radical (unpaired) electrons. The third-order valence-electron chi connectivity index (χ3n) is 4.29. The molecule has 0 aliphatic carbocycles. The van der Waals surface area contributed by atoms with Crippen LogP contribution in [0.5, 0.6) is 5.75 Å². The van der Waals surface area contributed by atoms with Gasteiger partial charge in [0.15, 0.2) is 0 Å². The number of phenols is 1. The lowest BCUT2D eigenvalue weighted by Crippen LogP contribution is -2.24. The van der Waals surface area contributed by atoms with Crippen LogP contribution in [0.15, 0.2) is 71.4 Å². The van der Waals surface area contributed by atoms with Crippen LogP contribution < -0.4 is 0 Å². The fraction of sp³-hybridized carbons (Fsp3) is 0.143. The predicted octanol–water partition coefficient (Wildman–Crippen LogP) is 3.27. The minimum Gasteiger partial charge on any atom is -0.508 e. The summed E-state index contributed by atoms with van der Waals surface area (Å²) in [5.41, 5.74) is 2.80. The summed E-state index contributed by atoms with van der Waals surface area (Å²) in [7, 11) is 1.30. The summed E-state index contributed by atoms with van der Waals surface area (Å²) < 4.78 is 4.88.